The van der Waals surface area contributed by atoms with Crippen LogP contribution in [0.2, 0.25) is 0 Å². The molecule has 0 aliphatic rings. The summed E-state index contributed by atoms with van der Waals surface area (Å²) in [6.45, 7) is 7.01. The molecule has 0 bridgehead atoms. The van der Waals surface area contributed by atoms with Crippen molar-refractivity contribution < 1.29 is 10.2 Å². The lowest BCUT2D eigenvalue weighted by Gasteiger charge is -2.20. The number of hydrogen-bond acceptors (Lipinski definition) is 3. The molecule has 0 heterocycles. The Hall–Kier alpha value is -0.320. The molecule has 0 aromatic heterocycles. The summed E-state index contributed by atoms with van der Waals surface area (Å²) in [6, 6.07) is 8.57. The third kappa shape index (κ3) is 12.7. The quantitative estimate of drug-likeness (QED) is 0.487. The monoisotopic (exact) mass is 363 g/mol. The molecular weight excluding hydrogens is 333 g/mol. The van der Waals surface area contributed by atoms with E-state index in [0.717, 1.165) is 44.8 Å². The van der Waals surface area contributed by atoms with Crippen LogP contribution in [-0.2, 0) is 13.0 Å². The smallest absolute Gasteiger partial charge is 0.151 e. The van der Waals surface area contributed by atoms with Crippen LogP contribution in [0.4, 0.5) is 0 Å². The largest absolute Gasteiger partial charge is 0.368 e. The fourth-order valence-electron chi connectivity index (χ4n) is 2.26. The van der Waals surface area contributed by atoms with Crippen molar-refractivity contribution in [3.05, 3.63) is 35.4 Å². The van der Waals surface area contributed by atoms with Gasteiger partial charge in [-0.2, -0.15) is 0 Å². The van der Waals surface area contributed by atoms with E-state index in [1.54, 1.807) is 0 Å². The first kappa shape index (κ1) is 22.7. The Labute approximate surface area is 151 Å². The van der Waals surface area contributed by atoms with Gasteiger partial charge in [0.15, 0.2) is 6.29 Å². The van der Waals surface area contributed by atoms with Crippen LogP contribution in [-0.4, -0.2) is 46.3 Å². The second-order valence-electron chi connectivity index (χ2n) is 5.42. The maximum Gasteiger partial charge on any atom is 0.151 e. The molecule has 3 nitrogen and oxygen atoms in total. The summed E-state index contributed by atoms with van der Waals surface area (Å²) >= 11 is 10.8. The van der Waals surface area contributed by atoms with Crippen molar-refractivity contribution in [3.8, 4) is 0 Å². The minimum absolute atomic E-state index is 0.432. The van der Waals surface area contributed by atoms with Crippen molar-refractivity contribution in [2.75, 3.05) is 24.8 Å². The van der Waals surface area contributed by atoms with Gasteiger partial charge in [-0.25, -0.2) is 0 Å². The van der Waals surface area contributed by atoms with Crippen LogP contribution in [0, 0.1) is 0 Å². The number of nitrogens with zero attached hydrogens (tertiary/aromatic N) is 1. The first-order chi connectivity index (χ1) is 11.1. The van der Waals surface area contributed by atoms with Gasteiger partial charge in [0.05, 0.1) is 0 Å². The van der Waals surface area contributed by atoms with Crippen molar-refractivity contribution in [3.63, 3.8) is 0 Å². The lowest BCUT2D eigenvalue weighted by Crippen LogP contribution is -2.26. The van der Waals surface area contributed by atoms with E-state index >= 15 is 0 Å². The van der Waals surface area contributed by atoms with Crippen LogP contribution in [0.3, 0.4) is 0 Å². The number of halogens is 2. The number of aliphatic hydroxyl groups is 2. The zero-order chi connectivity index (χ0) is 17.5. The van der Waals surface area contributed by atoms with Gasteiger partial charge in [-0.15, -0.1) is 23.2 Å². The maximum atomic E-state index is 8.81. The predicted molar refractivity (Wildman–Crippen MR) is 100 cm³/mol. The molecule has 1 aromatic rings. The van der Waals surface area contributed by atoms with Crippen LogP contribution in [0.25, 0.3) is 0 Å². The number of hydrogen-bond donors (Lipinski definition) is 2. The fraction of sp³-hybridized carbons (Fsp3) is 0.667. The Morgan fingerprint density at radius 1 is 1.00 bits per heavy atom. The molecule has 23 heavy (non-hydrogen) atoms. The molecule has 0 saturated carbocycles. The van der Waals surface area contributed by atoms with Gasteiger partial charge in [0, 0.05) is 24.8 Å². The highest BCUT2D eigenvalue weighted by Crippen LogP contribution is 2.11. The van der Waals surface area contributed by atoms with Crippen LogP contribution in [0.15, 0.2) is 24.3 Å². The summed E-state index contributed by atoms with van der Waals surface area (Å²) in [5.74, 6) is 1.39. The molecule has 134 valence electrons. The maximum absolute atomic E-state index is 8.81. The Morgan fingerprint density at radius 3 is 2.04 bits per heavy atom. The van der Waals surface area contributed by atoms with Crippen molar-refractivity contribution in [1.29, 1.82) is 0 Å². The second kappa shape index (κ2) is 15.2. The van der Waals surface area contributed by atoms with Crippen LogP contribution >= 0.6 is 23.2 Å². The second-order valence-corrected chi connectivity index (χ2v) is 6.33. The van der Waals surface area contributed by atoms with Gasteiger partial charge < -0.3 is 10.2 Å². The molecule has 0 aliphatic carbocycles. The van der Waals surface area contributed by atoms with Gasteiger partial charge >= 0.3 is 0 Å². The van der Waals surface area contributed by atoms with Crippen molar-refractivity contribution in [1.82, 2.24) is 4.90 Å². The zero-order valence-electron chi connectivity index (χ0n) is 14.3. The summed E-state index contributed by atoms with van der Waals surface area (Å²) in [7, 11) is 0. The summed E-state index contributed by atoms with van der Waals surface area (Å²) in [5, 5.41) is 17.6. The molecule has 0 atom stereocenters. The molecule has 0 amide bonds. The number of aryl methyl sites for hydroxylation is 1. The van der Waals surface area contributed by atoms with Gasteiger partial charge in [-0.1, -0.05) is 38.1 Å². The highest BCUT2D eigenvalue weighted by molar-refractivity contribution is 6.18. The first-order valence-corrected chi connectivity index (χ1v) is 9.42. The molecule has 0 aliphatic heterocycles. The topological polar surface area (TPSA) is 43.7 Å². The van der Waals surface area contributed by atoms with E-state index in [2.05, 4.69) is 36.1 Å². The molecule has 0 spiro atoms. The standard InChI is InChI=1S/C16H26ClNO2.C2H5Cl/c1-2-11-18(12-10-17)13-15-8-6-14(7-9-15)4-3-5-16(19)20;1-2-3/h6-9,16,19-20H,2-5,10-13H2,1H3;2H2,1H3. The normalized spacial score (nSPS) is 10.8. The number of benzene rings is 1. The minimum Gasteiger partial charge on any atom is -0.368 e. The summed E-state index contributed by atoms with van der Waals surface area (Å²) in [6.07, 6.45) is 2.07. The van der Waals surface area contributed by atoms with E-state index in [-0.39, 0.29) is 0 Å². The SMILES string of the molecule is CCCN(CCCl)Cc1ccc(CCCC(O)O)cc1.CCCl. The van der Waals surface area contributed by atoms with Crippen LogP contribution in [0.1, 0.15) is 44.2 Å². The fourth-order valence-corrected chi connectivity index (χ4v) is 2.50. The molecule has 0 unspecified atom stereocenters. The van der Waals surface area contributed by atoms with Crippen LogP contribution < -0.4 is 0 Å². The molecule has 1 aromatic carbocycles. The van der Waals surface area contributed by atoms with Gasteiger partial charge in [0.1, 0.15) is 0 Å². The Morgan fingerprint density at radius 2 is 1.57 bits per heavy atom. The molecule has 2 N–H and O–H groups in total. The summed E-state index contributed by atoms with van der Waals surface area (Å²) in [4.78, 5) is 2.37. The van der Waals surface area contributed by atoms with E-state index in [4.69, 9.17) is 33.4 Å². The molecule has 0 fully saturated rings. The highest BCUT2D eigenvalue weighted by atomic mass is 35.5. The lowest BCUT2D eigenvalue weighted by atomic mass is 10.1. The Bertz CT molecular complexity index is 366. The molecule has 0 radical (unpaired) electrons. The van der Waals surface area contributed by atoms with Crippen molar-refractivity contribution in [2.45, 2.75) is 52.4 Å². The van der Waals surface area contributed by atoms with Gasteiger partial charge in [-0.3, -0.25) is 4.90 Å². The molecule has 0 saturated heterocycles. The summed E-state index contributed by atoms with van der Waals surface area (Å²) < 4.78 is 0. The molecule has 1 rings (SSSR count). The van der Waals surface area contributed by atoms with Crippen molar-refractivity contribution in [2.24, 2.45) is 0 Å². The van der Waals surface area contributed by atoms with Gasteiger partial charge in [0.25, 0.3) is 0 Å². The average molecular weight is 364 g/mol. The van der Waals surface area contributed by atoms with E-state index in [1.165, 1.54) is 11.1 Å². The Balaban J connectivity index is 0.00000149. The highest BCUT2D eigenvalue weighted by Gasteiger charge is 2.04. The van der Waals surface area contributed by atoms with E-state index in [9.17, 15) is 0 Å². The lowest BCUT2D eigenvalue weighted by molar-refractivity contribution is -0.0461. The summed E-state index contributed by atoms with van der Waals surface area (Å²) in [5.41, 5.74) is 2.54. The molecule has 5 heteroatoms. The van der Waals surface area contributed by atoms with Crippen LogP contribution in [0.5, 0.6) is 0 Å². The first-order valence-electron chi connectivity index (χ1n) is 8.35. The average Bonchev–Trinajstić information content (AvgIpc) is 2.50. The molecular formula is C18H31Cl2NO2. The van der Waals surface area contributed by atoms with Gasteiger partial charge in [0.2, 0.25) is 0 Å². The van der Waals surface area contributed by atoms with Gasteiger partial charge in [-0.05, 0) is 43.4 Å². The van der Waals surface area contributed by atoms with E-state index < -0.39 is 6.29 Å². The minimum atomic E-state index is -1.19. The Kier molecular flexibility index (Phi) is 15.0. The third-order valence-corrected chi connectivity index (χ3v) is 3.47. The number of alkyl halides is 2. The van der Waals surface area contributed by atoms with E-state index in [0.29, 0.717) is 12.3 Å². The number of rotatable bonds is 10. The number of aliphatic hydroxyl groups excluding tert-OH is 1. The predicted octanol–water partition coefficient (Wildman–Crippen LogP) is 4.02. The third-order valence-electron chi connectivity index (χ3n) is 3.30. The van der Waals surface area contributed by atoms with E-state index in [1.807, 2.05) is 6.92 Å². The zero-order valence-corrected chi connectivity index (χ0v) is 15.9. The van der Waals surface area contributed by atoms with Crippen molar-refractivity contribution >= 4 is 23.2 Å².